The number of carbonyl (C=O) groups is 2. The van der Waals surface area contributed by atoms with Gasteiger partial charge in [-0.25, -0.2) is 4.39 Å². The van der Waals surface area contributed by atoms with Gasteiger partial charge in [-0.1, -0.05) is 35.9 Å². The highest BCUT2D eigenvalue weighted by atomic mass is 19.1. The summed E-state index contributed by atoms with van der Waals surface area (Å²) in [5.74, 6) is -0.870. The van der Waals surface area contributed by atoms with Crippen LogP contribution >= 0.6 is 0 Å². The van der Waals surface area contributed by atoms with Crippen molar-refractivity contribution in [2.24, 2.45) is 0 Å². The molecule has 0 bridgehead atoms. The lowest BCUT2D eigenvalue weighted by molar-refractivity contribution is -0.120. The lowest BCUT2D eigenvalue weighted by atomic mass is 10.1. The zero-order valence-electron chi connectivity index (χ0n) is 13.9. The van der Waals surface area contributed by atoms with Crippen molar-refractivity contribution in [2.45, 2.75) is 20.3 Å². The SMILES string of the molecule is Cc1ccc(CC(=O)NCCNC(=O)c2ccc(C)c(F)c2)cc1. The molecule has 0 atom stereocenters. The Kier molecular flexibility index (Phi) is 6.07. The van der Waals surface area contributed by atoms with Gasteiger partial charge in [-0.15, -0.1) is 0 Å². The maximum Gasteiger partial charge on any atom is 0.251 e. The average Bonchev–Trinajstić information content (AvgIpc) is 2.56. The number of hydrogen-bond acceptors (Lipinski definition) is 2. The molecule has 0 aliphatic heterocycles. The predicted molar refractivity (Wildman–Crippen MR) is 91.4 cm³/mol. The normalized spacial score (nSPS) is 10.3. The Balaban J connectivity index is 1.72. The van der Waals surface area contributed by atoms with Gasteiger partial charge in [-0.05, 0) is 37.1 Å². The first-order valence-electron chi connectivity index (χ1n) is 7.82. The highest BCUT2D eigenvalue weighted by Crippen LogP contribution is 2.08. The number of aryl methyl sites for hydroxylation is 2. The third-order valence-corrected chi connectivity index (χ3v) is 3.65. The maximum absolute atomic E-state index is 13.4. The van der Waals surface area contributed by atoms with Crippen molar-refractivity contribution < 1.29 is 14.0 Å². The smallest absolute Gasteiger partial charge is 0.251 e. The van der Waals surface area contributed by atoms with Crippen molar-refractivity contribution >= 4 is 11.8 Å². The van der Waals surface area contributed by atoms with Gasteiger partial charge >= 0.3 is 0 Å². The van der Waals surface area contributed by atoms with E-state index in [0.29, 0.717) is 18.5 Å². The van der Waals surface area contributed by atoms with E-state index in [-0.39, 0.29) is 23.9 Å². The van der Waals surface area contributed by atoms with Crippen LogP contribution in [0, 0.1) is 19.7 Å². The molecule has 4 nitrogen and oxygen atoms in total. The van der Waals surface area contributed by atoms with Crippen molar-refractivity contribution in [3.05, 3.63) is 70.5 Å². The number of nitrogens with one attached hydrogen (secondary N) is 2. The van der Waals surface area contributed by atoms with Crippen LogP contribution in [0.2, 0.25) is 0 Å². The second kappa shape index (κ2) is 8.24. The first kappa shape index (κ1) is 17.7. The first-order valence-corrected chi connectivity index (χ1v) is 7.82. The minimum Gasteiger partial charge on any atom is -0.354 e. The number of hydrogen-bond donors (Lipinski definition) is 2. The summed E-state index contributed by atoms with van der Waals surface area (Å²) in [6, 6.07) is 12.1. The number of carbonyl (C=O) groups excluding carboxylic acids is 2. The number of amides is 2. The molecule has 0 spiro atoms. The van der Waals surface area contributed by atoms with Gasteiger partial charge in [0.05, 0.1) is 6.42 Å². The van der Waals surface area contributed by atoms with Gasteiger partial charge < -0.3 is 10.6 Å². The molecule has 0 fully saturated rings. The largest absolute Gasteiger partial charge is 0.354 e. The molecule has 0 saturated heterocycles. The first-order chi connectivity index (χ1) is 11.5. The fourth-order valence-electron chi connectivity index (χ4n) is 2.17. The van der Waals surface area contributed by atoms with Crippen molar-refractivity contribution in [1.29, 1.82) is 0 Å². The van der Waals surface area contributed by atoms with E-state index < -0.39 is 5.82 Å². The molecule has 24 heavy (non-hydrogen) atoms. The lowest BCUT2D eigenvalue weighted by Crippen LogP contribution is -2.35. The maximum atomic E-state index is 13.4. The van der Waals surface area contributed by atoms with E-state index in [1.165, 1.54) is 6.07 Å². The minimum absolute atomic E-state index is 0.102. The second-order valence-electron chi connectivity index (χ2n) is 5.73. The van der Waals surface area contributed by atoms with E-state index in [4.69, 9.17) is 0 Å². The van der Waals surface area contributed by atoms with E-state index in [9.17, 15) is 14.0 Å². The summed E-state index contributed by atoms with van der Waals surface area (Å²) >= 11 is 0. The Bertz CT molecular complexity index is 727. The molecule has 0 unspecified atom stereocenters. The van der Waals surface area contributed by atoms with E-state index in [2.05, 4.69) is 10.6 Å². The van der Waals surface area contributed by atoms with Crippen LogP contribution in [0.4, 0.5) is 4.39 Å². The Hall–Kier alpha value is -2.69. The monoisotopic (exact) mass is 328 g/mol. The third kappa shape index (κ3) is 5.19. The predicted octanol–water partition coefficient (Wildman–Crippen LogP) is 2.53. The van der Waals surface area contributed by atoms with E-state index >= 15 is 0 Å². The zero-order chi connectivity index (χ0) is 17.5. The molecular formula is C19H21FN2O2. The average molecular weight is 328 g/mol. The van der Waals surface area contributed by atoms with Crippen molar-refractivity contribution in [1.82, 2.24) is 10.6 Å². The Labute approximate surface area is 141 Å². The highest BCUT2D eigenvalue weighted by molar-refractivity contribution is 5.94. The molecule has 2 N–H and O–H groups in total. The van der Waals surface area contributed by atoms with Gasteiger partial charge in [-0.2, -0.15) is 0 Å². The molecule has 126 valence electrons. The lowest BCUT2D eigenvalue weighted by Gasteiger charge is -2.08. The van der Waals surface area contributed by atoms with Crippen LogP contribution < -0.4 is 10.6 Å². The highest BCUT2D eigenvalue weighted by Gasteiger charge is 2.08. The molecule has 0 saturated carbocycles. The molecule has 2 aromatic rings. The molecule has 0 aromatic heterocycles. The van der Waals surface area contributed by atoms with Crippen LogP contribution in [-0.4, -0.2) is 24.9 Å². The molecule has 0 heterocycles. The third-order valence-electron chi connectivity index (χ3n) is 3.65. The number of benzene rings is 2. The van der Waals surface area contributed by atoms with Crippen LogP contribution in [-0.2, 0) is 11.2 Å². The van der Waals surface area contributed by atoms with Crippen LogP contribution in [0.25, 0.3) is 0 Å². The Morgan fingerprint density at radius 2 is 1.62 bits per heavy atom. The Morgan fingerprint density at radius 3 is 2.29 bits per heavy atom. The summed E-state index contributed by atoms with van der Waals surface area (Å²) in [5.41, 5.74) is 2.85. The topological polar surface area (TPSA) is 58.2 Å². The van der Waals surface area contributed by atoms with Gasteiger partial charge in [-0.3, -0.25) is 9.59 Å². The quantitative estimate of drug-likeness (QED) is 0.801. The summed E-state index contributed by atoms with van der Waals surface area (Å²) in [4.78, 5) is 23.7. The summed E-state index contributed by atoms with van der Waals surface area (Å²) in [6.45, 7) is 4.24. The van der Waals surface area contributed by atoms with E-state index in [1.807, 2.05) is 31.2 Å². The molecule has 0 radical (unpaired) electrons. The second-order valence-corrected chi connectivity index (χ2v) is 5.73. The van der Waals surface area contributed by atoms with Crippen LogP contribution in [0.3, 0.4) is 0 Å². The van der Waals surface area contributed by atoms with Crippen LogP contribution in [0.15, 0.2) is 42.5 Å². The molecule has 2 rings (SSSR count). The Morgan fingerprint density at radius 1 is 0.958 bits per heavy atom. The molecular weight excluding hydrogens is 307 g/mol. The molecule has 0 aliphatic rings. The fourth-order valence-corrected chi connectivity index (χ4v) is 2.17. The van der Waals surface area contributed by atoms with E-state index in [1.54, 1.807) is 19.1 Å². The van der Waals surface area contributed by atoms with Gasteiger partial charge in [0.1, 0.15) is 5.82 Å². The van der Waals surface area contributed by atoms with Gasteiger partial charge in [0.25, 0.3) is 5.91 Å². The standard InChI is InChI=1S/C19H21FN2O2/c1-13-3-6-15(7-4-13)11-18(23)21-9-10-22-19(24)16-8-5-14(2)17(20)12-16/h3-8,12H,9-11H2,1-2H3,(H,21,23)(H,22,24). The molecule has 5 heteroatoms. The molecule has 2 aromatic carbocycles. The minimum atomic E-state index is -0.408. The summed E-state index contributed by atoms with van der Waals surface area (Å²) < 4.78 is 13.4. The number of halogens is 1. The van der Waals surface area contributed by atoms with Crippen molar-refractivity contribution in [2.75, 3.05) is 13.1 Å². The van der Waals surface area contributed by atoms with Crippen LogP contribution in [0.1, 0.15) is 27.0 Å². The van der Waals surface area contributed by atoms with Crippen molar-refractivity contribution in [3.8, 4) is 0 Å². The van der Waals surface area contributed by atoms with Crippen molar-refractivity contribution in [3.63, 3.8) is 0 Å². The zero-order valence-corrected chi connectivity index (χ0v) is 13.9. The molecule has 0 aliphatic carbocycles. The van der Waals surface area contributed by atoms with Gasteiger partial charge in [0, 0.05) is 18.7 Å². The fraction of sp³-hybridized carbons (Fsp3) is 0.263. The summed E-state index contributed by atoms with van der Waals surface area (Å²) in [7, 11) is 0. The van der Waals surface area contributed by atoms with Gasteiger partial charge in [0.15, 0.2) is 0 Å². The number of rotatable bonds is 6. The summed E-state index contributed by atoms with van der Waals surface area (Å²) in [6.07, 6.45) is 0.303. The molecule has 2 amide bonds. The van der Waals surface area contributed by atoms with Gasteiger partial charge in [0.2, 0.25) is 5.91 Å². The van der Waals surface area contributed by atoms with Crippen LogP contribution in [0.5, 0.6) is 0 Å². The van der Waals surface area contributed by atoms with E-state index in [0.717, 1.165) is 11.1 Å². The summed E-state index contributed by atoms with van der Waals surface area (Å²) in [5, 5.41) is 5.40.